The number of carboxylic acid groups (broad SMARTS) is 1. The van der Waals surface area contributed by atoms with Crippen molar-refractivity contribution in [2.45, 2.75) is 6.10 Å². The number of H-pyrrole nitrogens is 1. The Morgan fingerprint density at radius 3 is 2.88 bits per heavy atom. The van der Waals surface area contributed by atoms with Gasteiger partial charge in [-0.05, 0) is 28.1 Å². The van der Waals surface area contributed by atoms with Gasteiger partial charge in [0.25, 0.3) is 0 Å². The molecule has 0 radical (unpaired) electrons. The van der Waals surface area contributed by atoms with E-state index in [9.17, 15) is 9.90 Å². The lowest BCUT2D eigenvalue weighted by molar-refractivity contribution is 0.0685. The van der Waals surface area contributed by atoms with Gasteiger partial charge in [0.05, 0.1) is 15.8 Å². The van der Waals surface area contributed by atoms with E-state index in [-0.39, 0.29) is 11.4 Å². The normalized spacial score (nSPS) is 12.6. The minimum atomic E-state index is -1.16. The monoisotopic (exact) mass is 302 g/mol. The smallest absolute Gasteiger partial charge is 0.356 e. The highest BCUT2D eigenvalue weighted by atomic mass is 79.9. The zero-order valence-electron chi connectivity index (χ0n) is 7.85. The molecule has 0 saturated carbocycles. The van der Waals surface area contributed by atoms with Crippen molar-refractivity contribution in [2.75, 3.05) is 0 Å². The molecule has 1 atom stereocenters. The Morgan fingerprint density at radius 1 is 1.56 bits per heavy atom. The molecule has 0 aliphatic carbocycles. The number of aliphatic hydroxyl groups excluding tert-OH is 1. The number of aromatic amines is 1. The highest BCUT2D eigenvalue weighted by Crippen LogP contribution is 2.31. The number of thiophene rings is 1. The van der Waals surface area contributed by atoms with Gasteiger partial charge in [-0.3, -0.25) is 0 Å². The zero-order valence-corrected chi connectivity index (χ0v) is 10.2. The van der Waals surface area contributed by atoms with Crippen molar-refractivity contribution < 1.29 is 15.0 Å². The van der Waals surface area contributed by atoms with Gasteiger partial charge in [0.2, 0.25) is 0 Å². The minimum absolute atomic E-state index is 0.156. The third kappa shape index (κ3) is 2.01. The summed E-state index contributed by atoms with van der Waals surface area (Å²) < 4.78 is 0.873. The fraction of sp³-hybridized carbons (Fsp3) is 0.111. The van der Waals surface area contributed by atoms with Crippen LogP contribution in [-0.2, 0) is 0 Å². The van der Waals surface area contributed by atoms with Crippen LogP contribution in [0.4, 0.5) is 0 Å². The second-order valence-electron chi connectivity index (χ2n) is 3.01. The fourth-order valence-electron chi connectivity index (χ4n) is 1.30. The number of carboxylic acids is 1. The van der Waals surface area contributed by atoms with Crippen LogP contribution < -0.4 is 0 Å². The molecule has 84 valence electrons. The number of hydrogen-bond acceptors (Lipinski definition) is 4. The third-order valence-corrected chi connectivity index (χ3v) is 3.68. The summed E-state index contributed by atoms with van der Waals surface area (Å²) in [5.41, 5.74) is 0.0406. The van der Waals surface area contributed by atoms with E-state index in [0.717, 1.165) is 3.79 Å². The van der Waals surface area contributed by atoms with Gasteiger partial charge in [-0.25, -0.2) is 9.78 Å². The van der Waals surface area contributed by atoms with E-state index in [1.165, 1.54) is 17.7 Å². The number of hydrogen-bond donors (Lipinski definition) is 3. The topological polar surface area (TPSA) is 86.2 Å². The molecule has 0 fully saturated rings. The molecule has 2 heterocycles. The fourth-order valence-corrected chi connectivity index (χ4v) is 2.72. The van der Waals surface area contributed by atoms with Gasteiger partial charge in [-0.15, -0.1) is 11.3 Å². The van der Waals surface area contributed by atoms with Gasteiger partial charge in [0.1, 0.15) is 6.10 Å². The first-order valence-electron chi connectivity index (χ1n) is 4.29. The third-order valence-electron chi connectivity index (χ3n) is 2.01. The standard InChI is InChI=1S/C9H7BrN2O3S/c10-5-2-1-4(16-5)8(13)6-7(9(14)15)12-3-11-6/h1-3,8,13H,(H,11,12)(H,14,15). The average molecular weight is 303 g/mol. The van der Waals surface area contributed by atoms with Crippen molar-refractivity contribution in [3.63, 3.8) is 0 Å². The molecule has 0 aliphatic rings. The highest BCUT2D eigenvalue weighted by molar-refractivity contribution is 9.11. The number of carbonyl (C=O) groups is 1. The van der Waals surface area contributed by atoms with Crippen molar-refractivity contribution in [3.05, 3.63) is 38.5 Å². The summed E-state index contributed by atoms with van der Waals surface area (Å²) in [5.74, 6) is -1.16. The van der Waals surface area contributed by atoms with Crippen molar-refractivity contribution >= 4 is 33.2 Å². The second kappa shape index (κ2) is 4.36. The van der Waals surface area contributed by atoms with E-state index in [0.29, 0.717) is 4.88 Å². The van der Waals surface area contributed by atoms with Crippen LogP contribution in [0.15, 0.2) is 22.2 Å². The summed E-state index contributed by atoms with van der Waals surface area (Å²) in [4.78, 5) is 17.8. The molecule has 2 aromatic rings. The van der Waals surface area contributed by atoms with E-state index in [4.69, 9.17) is 5.11 Å². The summed E-state index contributed by atoms with van der Waals surface area (Å²) in [5, 5.41) is 18.8. The molecule has 3 N–H and O–H groups in total. The van der Waals surface area contributed by atoms with Crippen LogP contribution in [0.2, 0.25) is 0 Å². The van der Waals surface area contributed by atoms with Crippen LogP contribution in [0.25, 0.3) is 0 Å². The quantitative estimate of drug-likeness (QED) is 0.809. The molecule has 0 aliphatic heterocycles. The van der Waals surface area contributed by atoms with E-state index < -0.39 is 12.1 Å². The van der Waals surface area contributed by atoms with E-state index >= 15 is 0 Å². The van der Waals surface area contributed by atoms with Crippen LogP contribution in [0.1, 0.15) is 27.2 Å². The number of halogens is 1. The second-order valence-corrected chi connectivity index (χ2v) is 5.51. The first-order chi connectivity index (χ1) is 7.59. The van der Waals surface area contributed by atoms with Gasteiger partial charge < -0.3 is 15.2 Å². The number of rotatable bonds is 3. The van der Waals surface area contributed by atoms with Gasteiger partial charge >= 0.3 is 5.97 Å². The molecule has 0 saturated heterocycles. The Bertz CT molecular complexity index is 522. The molecule has 0 spiro atoms. The summed E-state index contributed by atoms with van der Waals surface area (Å²) in [6.07, 6.45) is 0.259. The van der Waals surface area contributed by atoms with Gasteiger partial charge in [0.15, 0.2) is 5.69 Å². The summed E-state index contributed by atoms with van der Waals surface area (Å²) in [7, 11) is 0. The van der Waals surface area contributed by atoms with Crippen LogP contribution in [0.5, 0.6) is 0 Å². The predicted molar refractivity (Wildman–Crippen MR) is 61.6 cm³/mol. The maximum Gasteiger partial charge on any atom is 0.356 e. The van der Waals surface area contributed by atoms with E-state index in [2.05, 4.69) is 25.9 Å². The maximum atomic E-state index is 10.8. The number of aromatic nitrogens is 2. The molecular formula is C9H7BrN2O3S. The first kappa shape index (κ1) is 11.3. The number of aromatic carboxylic acids is 1. The van der Waals surface area contributed by atoms with E-state index in [1.54, 1.807) is 12.1 Å². The van der Waals surface area contributed by atoms with Crippen molar-refractivity contribution in [3.8, 4) is 0 Å². The SMILES string of the molecule is O=C(O)c1nc[nH]c1C(O)c1ccc(Br)s1. The molecule has 2 rings (SSSR count). The average Bonchev–Trinajstić information content (AvgIpc) is 2.84. The molecule has 1 unspecified atom stereocenters. The van der Waals surface area contributed by atoms with Crippen molar-refractivity contribution in [1.29, 1.82) is 0 Å². The molecule has 0 amide bonds. The Labute approximate surface area is 103 Å². The summed E-state index contributed by atoms with van der Waals surface area (Å²) >= 11 is 4.62. The van der Waals surface area contributed by atoms with Crippen LogP contribution >= 0.6 is 27.3 Å². The van der Waals surface area contributed by atoms with Crippen LogP contribution in [0.3, 0.4) is 0 Å². The zero-order chi connectivity index (χ0) is 11.7. The molecule has 2 aromatic heterocycles. The molecule has 16 heavy (non-hydrogen) atoms. The lowest BCUT2D eigenvalue weighted by Gasteiger charge is -2.06. The summed E-state index contributed by atoms with van der Waals surface area (Å²) in [6.45, 7) is 0. The molecular weight excluding hydrogens is 296 g/mol. The van der Waals surface area contributed by atoms with Crippen molar-refractivity contribution in [2.24, 2.45) is 0 Å². The maximum absolute atomic E-state index is 10.8. The van der Waals surface area contributed by atoms with Gasteiger partial charge in [-0.1, -0.05) is 0 Å². The van der Waals surface area contributed by atoms with Gasteiger partial charge in [-0.2, -0.15) is 0 Å². The number of nitrogens with one attached hydrogen (secondary N) is 1. The predicted octanol–water partition coefficient (Wildman–Crippen LogP) is 2.01. The van der Waals surface area contributed by atoms with Gasteiger partial charge in [0, 0.05) is 4.88 Å². The molecule has 0 bridgehead atoms. The van der Waals surface area contributed by atoms with E-state index in [1.807, 2.05) is 0 Å². The molecule has 0 aromatic carbocycles. The molecule has 7 heteroatoms. The Hall–Kier alpha value is -1.18. The number of imidazole rings is 1. The Balaban J connectivity index is 2.37. The van der Waals surface area contributed by atoms with Crippen molar-refractivity contribution in [1.82, 2.24) is 9.97 Å². The Kier molecular flexibility index (Phi) is 3.08. The number of aliphatic hydroxyl groups is 1. The molecule has 5 nitrogen and oxygen atoms in total. The number of nitrogens with zero attached hydrogens (tertiary/aromatic N) is 1. The highest BCUT2D eigenvalue weighted by Gasteiger charge is 2.22. The first-order valence-corrected chi connectivity index (χ1v) is 5.90. The largest absolute Gasteiger partial charge is 0.476 e. The van der Waals surface area contributed by atoms with Crippen LogP contribution in [-0.4, -0.2) is 26.2 Å². The minimum Gasteiger partial charge on any atom is -0.476 e. The lowest BCUT2D eigenvalue weighted by atomic mass is 10.2. The lowest BCUT2D eigenvalue weighted by Crippen LogP contribution is -2.07. The van der Waals surface area contributed by atoms with Crippen LogP contribution in [0, 0.1) is 0 Å². The summed E-state index contributed by atoms with van der Waals surface area (Å²) in [6, 6.07) is 3.52. The Morgan fingerprint density at radius 2 is 2.31 bits per heavy atom.